The number of pyridine rings is 1. The predicted octanol–water partition coefficient (Wildman–Crippen LogP) is 2.23. The molecule has 3 aromatic rings. The second-order valence-electron chi connectivity index (χ2n) is 4.73. The van der Waals surface area contributed by atoms with Gasteiger partial charge in [0, 0.05) is 25.4 Å². The number of nitrogens with zero attached hydrogens (tertiary/aromatic N) is 2. The molecule has 110 valence electrons. The van der Waals surface area contributed by atoms with Crippen molar-refractivity contribution in [3.05, 3.63) is 53.3 Å². The summed E-state index contributed by atoms with van der Waals surface area (Å²) in [6, 6.07) is 7.30. The van der Waals surface area contributed by atoms with E-state index in [-0.39, 0.29) is 0 Å². The van der Waals surface area contributed by atoms with Crippen LogP contribution in [0.4, 0.5) is 0 Å². The summed E-state index contributed by atoms with van der Waals surface area (Å²) in [4.78, 5) is 4.53. The highest BCUT2D eigenvalue weighted by molar-refractivity contribution is 7.91. The topological polar surface area (TPSA) is 63.5 Å². The minimum absolute atomic E-state index is 0.336. The highest BCUT2D eigenvalue weighted by Crippen LogP contribution is 2.15. The summed E-state index contributed by atoms with van der Waals surface area (Å²) in [6.07, 6.45) is 4.43. The molecule has 1 N–H and O–H groups in total. The van der Waals surface area contributed by atoms with Crippen LogP contribution in [-0.4, -0.2) is 24.3 Å². The fourth-order valence-electron chi connectivity index (χ4n) is 2.13. The Morgan fingerprint density at radius 2 is 2.19 bits per heavy atom. The van der Waals surface area contributed by atoms with Crippen molar-refractivity contribution in [2.75, 3.05) is 6.54 Å². The van der Waals surface area contributed by atoms with Gasteiger partial charge in [-0.05, 0) is 30.0 Å². The van der Waals surface area contributed by atoms with Gasteiger partial charge in [-0.2, -0.15) is 0 Å². The molecule has 0 amide bonds. The van der Waals surface area contributed by atoms with E-state index in [0.717, 1.165) is 16.9 Å². The fourth-order valence-corrected chi connectivity index (χ4v) is 4.20. The van der Waals surface area contributed by atoms with E-state index in [9.17, 15) is 8.42 Å². The maximum Gasteiger partial charge on any atom is 0.250 e. The number of hydrogen-bond acceptors (Lipinski definition) is 4. The molecule has 3 rings (SSSR count). The molecule has 0 aliphatic rings. The van der Waals surface area contributed by atoms with Crippen molar-refractivity contribution in [1.29, 1.82) is 0 Å². The van der Waals surface area contributed by atoms with Crippen molar-refractivity contribution in [1.82, 2.24) is 14.1 Å². The van der Waals surface area contributed by atoms with Crippen LogP contribution in [0.15, 0.2) is 46.2 Å². The van der Waals surface area contributed by atoms with E-state index in [0.29, 0.717) is 17.2 Å². The van der Waals surface area contributed by atoms with E-state index in [1.165, 1.54) is 11.3 Å². The molecule has 0 saturated heterocycles. The quantitative estimate of drug-likeness (QED) is 0.784. The molecule has 21 heavy (non-hydrogen) atoms. The number of aromatic nitrogens is 2. The third-order valence-corrected chi connectivity index (χ3v) is 6.02. The summed E-state index contributed by atoms with van der Waals surface area (Å²) >= 11 is 1.21. The molecule has 0 atom stereocenters. The third kappa shape index (κ3) is 2.99. The fraction of sp³-hybridized carbons (Fsp3) is 0.214. The van der Waals surface area contributed by atoms with Crippen LogP contribution in [0.25, 0.3) is 5.65 Å². The van der Waals surface area contributed by atoms with Crippen molar-refractivity contribution in [2.45, 2.75) is 17.6 Å². The minimum atomic E-state index is -3.39. The van der Waals surface area contributed by atoms with Gasteiger partial charge in [-0.3, -0.25) is 0 Å². The Morgan fingerprint density at radius 1 is 1.33 bits per heavy atom. The number of thiophene rings is 1. The van der Waals surface area contributed by atoms with E-state index in [1.54, 1.807) is 17.5 Å². The average molecular weight is 321 g/mol. The van der Waals surface area contributed by atoms with Gasteiger partial charge in [0.1, 0.15) is 9.86 Å². The van der Waals surface area contributed by atoms with Gasteiger partial charge in [0.05, 0.1) is 5.69 Å². The molecule has 0 saturated carbocycles. The SMILES string of the molecule is Cc1cccn2cc(CCNS(=O)(=O)c3cccs3)nc12. The molecule has 0 spiro atoms. The van der Waals surface area contributed by atoms with E-state index in [2.05, 4.69) is 9.71 Å². The zero-order chi connectivity index (χ0) is 14.9. The maximum atomic E-state index is 12.0. The van der Waals surface area contributed by atoms with Gasteiger partial charge in [-0.15, -0.1) is 11.3 Å². The van der Waals surface area contributed by atoms with Gasteiger partial charge in [-0.1, -0.05) is 12.1 Å². The lowest BCUT2D eigenvalue weighted by Gasteiger charge is -2.02. The molecule has 0 fully saturated rings. The Bertz CT molecular complexity index is 852. The van der Waals surface area contributed by atoms with Crippen LogP contribution in [0, 0.1) is 6.92 Å². The van der Waals surface area contributed by atoms with Crippen molar-refractivity contribution in [2.24, 2.45) is 0 Å². The van der Waals surface area contributed by atoms with Crippen LogP contribution >= 0.6 is 11.3 Å². The molecule has 0 radical (unpaired) electrons. The summed E-state index contributed by atoms with van der Waals surface area (Å²) in [5, 5.41) is 1.75. The smallest absolute Gasteiger partial charge is 0.250 e. The molecule has 0 aliphatic carbocycles. The lowest BCUT2D eigenvalue weighted by Crippen LogP contribution is -2.25. The van der Waals surface area contributed by atoms with E-state index in [1.807, 2.05) is 35.9 Å². The Kier molecular flexibility index (Phi) is 3.79. The van der Waals surface area contributed by atoms with Gasteiger partial charge in [0.15, 0.2) is 0 Å². The highest BCUT2D eigenvalue weighted by atomic mass is 32.2. The van der Waals surface area contributed by atoms with Gasteiger partial charge in [0.25, 0.3) is 0 Å². The number of aryl methyl sites for hydroxylation is 1. The van der Waals surface area contributed by atoms with E-state index < -0.39 is 10.0 Å². The first-order chi connectivity index (χ1) is 10.1. The van der Waals surface area contributed by atoms with Crippen molar-refractivity contribution >= 4 is 27.0 Å². The number of sulfonamides is 1. The molecular weight excluding hydrogens is 306 g/mol. The maximum absolute atomic E-state index is 12.0. The standard InChI is InChI=1S/C14H15N3O2S2/c1-11-4-2-8-17-10-12(16-14(11)17)6-7-15-21(18,19)13-5-3-9-20-13/h2-5,8-10,15H,6-7H2,1H3. The molecular formula is C14H15N3O2S2. The molecule has 3 aromatic heterocycles. The number of hydrogen-bond donors (Lipinski definition) is 1. The van der Waals surface area contributed by atoms with Crippen LogP contribution in [0.2, 0.25) is 0 Å². The average Bonchev–Trinajstić information content (AvgIpc) is 3.07. The molecule has 0 bridgehead atoms. The van der Waals surface area contributed by atoms with Gasteiger partial charge >= 0.3 is 0 Å². The Balaban J connectivity index is 1.69. The third-order valence-electron chi connectivity index (χ3n) is 3.16. The van der Waals surface area contributed by atoms with Crippen LogP contribution in [0.1, 0.15) is 11.3 Å². The molecule has 5 nitrogen and oxygen atoms in total. The van der Waals surface area contributed by atoms with E-state index >= 15 is 0 Å². The Hall–Kier alpha value is -1.70. The number of rotatable bonds is 5. The molecule has 7 heteroatoms. The summed E-state index contributed by atoms with van der Waals surface area (Å²) in [6.45, 7) is 2.34. The van der Waals surface area contributed by atoms with Crippen LogP contribution in [0.5, 0.6) is 0 Å². The Morgan fingerprint density at radius 3 is 2.90 bits per heavy atom. The van der Waals surface area contributed by atoms with Crippen LogP contribution in [0.3, 0.4) is 0 Å². The second-order valence-corrected chi connectivity index (χ2v) is 7.68. The predicted molar refractivity (Wildman–Crippen MR) is 83.1 cm³/mol. The van der Waals surface area contributed by atoms with Crippen LogP contribution < -0.4 is 4.72 Å². The van der Waals surface area contributed by atoms with Crippen molar-refractivity contribution in [3.8, 4) is 0 Å². The summed E-state index contributed by atoms with van der Waals surface area (Å²) in [5.74, 6) is 0. The van der Waals surface area contributed by atoms with Crippen LogP contribution in [-0.2, 0) is 16.4 Å². The van der Waals surface area contributed by atoms with Crippen molar-refractivity contribution in [3.63, 3.8) is 0 Å². The normalized spacial score (nSPS) is 12.0. The lowest BCUT2D eigenvalue weighted by atomic mass is 10.3. The molecule has 0 aliphatic heterocycles. The first kappa shape index (κ1) is 14.2. The van der Waals surface area contributed by atoms with Crippen molar-refractivity contribution < 1.29 is 8.42 Å². The number of fused-ring (bicyclic) bond motifs is 1. The van der Waals surface area contributed by atoms with E-state index in [4.69, 9.17) is 0 Å². The highest BCUT2D eigenvalue weighted by Gasteiger charge is 2.14. The zero-order valence-corrected chi connectivity index (χ0v) is 13.1. The first-order valence-corrected chi connectivity index (χ1v) is 8.89. The first-order valence-electron chi connectivity index (χ1n) is 6.53. The van der Waals surface area contributed by atoms with Gasteiger partial charge in [-0.25, -0.2) is 18.1 Å². The van der Waals surface area contributed by atoms with Gasteiger partial charge in [0.2, 0.25) is 10.0 Å². The minimum Gasteiger partial charge on any atom is -0.307 e. The largest absolute Gasteiger partial charge is 0.307 e. The molecule has 0 unspecified atom stereocenters. The number of imidazole rings is 1. The Labute approximate surface area is 127 Å². The molecule has 0 aromatic carbocycles. The summed E-state index contributed by atoms with van der Waals surface area (Å²) in [7, 11) is -3.39. The monoisotopic (exact) mass is 321 g/mol. The second kappa shape index (κ2) is 5.59. The summed E-state index contributed by atoms with van der Waals surface area (Å²) in [5.41, 5.74) is 2.88. The lowest BCUT2D eigenvalue weighted by molar-refractivity contribution is 0.583. The summed E-state index contributed by atoms with van der Waals surface area (Å²) < 4.78 is 28.9. The number of nitrogens with one attached hydrogen (secondary N) is 1. The zero-order valence-electron chi connectivity index (χ0n) is 11.5. The van der Waals surface area contributed by atoms with Gasteiger partial charge < -0.3 is 4.40 Å². The molecule has 3 heterocycles.